The molecule has 1 fully saturated rings. The molecule has 1 saturated heterocycles. The lowest BCUT2D eigenvalue weighted by Crippen LogP contribution is -2.43. The fourth-order valence-electron chi connectivity index (χ4n) is 4.37. The van der Waals surface area contributed by atoms with E-state index in [1.54, 1.807) is 14.9 Å². The number of hydrogen-bond acceptors (Lipinski definition) is 6. The minimum Gasteiger partial charge on any atom is -0.305 e. The van der Waals surface area contributed by atoms with Gasteiger partial charge in [0.1, 0.15) is 0 Å². The molecule has 3 aromatic rings. The van der Waals surface area contributed by atoms with Crippen LogP contribution in [0.15, 0.2) is 57.2 Å². The molecule has 1 aromatic heterocycles. The zero-order valence-electron chi connectivity index (χ0n) is 20.0. The molecule has 1 aliphatic rings. The molecule has 1 aliphatic heterocycles. The highest BCUT2D eigenvalue weighted by atomic mass is 32.2. The van der Waals surface area contributed by atoms with Crippen molar-refractivity contribution in [1.29, 1.82) is 0 Å². The number of amides is 1. The molecule has 11 heteroatoms. The first kappa shape index (κ1) is 26.3. The van der Waals surface area contributed by atoms with Crippen LogP contribution in [0.4, 0.5) is 0 Å². The van der Waals surface area contributed by atoms with E-state index >= 15 is 0 Å². The van der Waals surface area contributed by atoms with Gasteiger partial charge in [0.15, 0.2) is 14.6 Å². The molecule has 2 aromatic carbocycles. The van der Waals surface area contributed by atoms with Crippen molar-refractivity contribution in [2.75, 3.05) is 12.8 Å². The molecule has 2 heterocycles. The van der Waals surface area contributed by atoms with E-state index in [-0.39, 0.29) is 27.9 Å². The van der Waals surface area contributed by atoms with Crippen molar-refractivity contribution in [3.63, 3.8) is 0 Å². The Kier molecular flexibility index (Phi) is 7.52. The number of thiazole rings is 1. The highest BCUT2D eigenvalue weighted by molar-refractivity contribution is 7.90. The normalized spacial score (nSPS) is 17.8. The van der Waals surface area contributed by atoms with Gasteiger partial charge in [-0.15, -0.1) is 6.42 Å². The van der Waals surface area contributed by atoms with Gasteiger partial charge in [0, 0.05) is 24.4 Å². The lowest BCUT2D eigenvalue weighted by molar-refractivity contribution is 0.0997. The van der Waals surface area contributed by atoms with Crippen LogP contribution in [0.5, 0.6) is 0 Å². The van der Waals surface area contributed by atoms with Crippen LogP contribution < -0.4 is 4.80 Å². The molecule has 36 heavy (non-hydrogen) atoms. The number of carbonyl (C=O) groups is 1. The van der Waals surface area contributed by atoms with E-state index in [9.17, 15) is 21.6 Å². The van der Waals surface area contributed by atoms with E-state index in [4.69, 9.17) is 6.42 Å². The number of hydrogen-bond donors (Lipinski definition) is 0. The smallest absolute Gasteiger partial charge is 0.279 e. The zero-order chi connectivity index (χ0) is 26.1. The van der Waals surface area contributed by atoms with E-state index in [0.717, 1.165) is 43.3 Å². The maximum atomic E-state index is 13.2. The fourth-order valence-corrected chi connectivity index (χ4v) is 7.92. The molecular formula is C25H27N3O5S3. The second kappa shape index (κ2) is 10.3. The number of carbonyl (C=O) groups excluding carboxylic acids is 1. The molecule has 4 rings (SSSR count). The van der Waals surface area contributed by atoms with Crippen LogP contribution in [0.25, 0.3) is 10.2 Å². The molecule has 0 aliphatic carbocycles. The van der Waals surface area contributed by atoms with E-state index in [1.807, 2.05) is 6.92 Å². The second-order valence-corrected chi connectivity index (χ2v) is 13.6. The second-order valence-electron chi connectivity index (χ2n) is 8.69. The summed E-state index contributed by atoms with van der Waals surface area (Å²) < 4.78 is 54.1. The highest BCUT2D eigenvalue weighted by Gasteiger charge is 2.32. The van der Waals surface area contributed by atoms with Crippen LogP contribution in [0.2, 0.25) is 0 Å². The molecule has 0 saturated carbocycles. The summed E-state index contributed by atoms with van der Waals surface area (Å²) in [4.78, 5) is 17.8. The summed E-state index contributed by atoms with van der Waals surface area (Å²) >= 11 is 1.16. The number of rotatable bonds is 6. The van der Waals surface area contributed by atoms with Crippen molar-refractivity contribution in [3.05, 3.63) is 52.8 Å². The lowest BCUT2D eigenvalue weighted by Gasteiger charge is -2.34. The summed E-state index contributed by atoms with van der Waals surface area (Å²) in [6, 6.07) is 10.5. The predicted octanol–water partition coefficient (Wildman–Crippen LogP) is 3.43. The van der Waals surface area contributed by atoms with Crippen LogP contribution in [0.3, 0.4) is 0 Å². The number of nitrogens with zero attached hydrogens (tertiary/aromatic N) is 3. The lowest BCUT2D eigenvalue weighted by atomic mass is 10.0. The van der Waals surface area contributed by atoms with E-state index in [0.29, 0.717) is 21.6 Å². The quantitative estimate of drug-likeness (QED) is 0.441. The van der Waals surface area contributed by atoms with Gasteiger partial charge in [-0.2, -0.15) is 9.30 Å². The Balaban J connectivity index is 1.68. The highest BCUT2D eigenvalue weighted by Crippen LogP contribution is 2.27. The Bertz CT molecular complexity index is 1630. The first-order chi connectivity index (χ1) is 17.1. The average molecular weight is 546 g/mol. The van der Waals surface area contributed by atoms with Crippen molar-refractivity contribution in [3.8, 4) is 12.3 Å². The van der Waals surface area contributed by atoms with Crippen molar-refractivity contribution < 1.29 is 21.6 Å². The molecule has 190 valence electrons. The van der Waals surface area contributed by atoms with Gasteiger partial charge in [-0.1, -0.05) is 30.6 Å². The molecule has 1 unspecified atom stereocenters. The van der Waals surface area contributed by atoms with Crippen LogP contribution in [-0.4, -0.2) is 50.5 Å². The largest absolute Gasteiger partial charge is 0.305 e. The molecule has 1 atom stereocenters. The predicted molar refractivity (Wildman–Crippen MR) is 140 cm³/mol. The summed E-state index contributed by atoms with van der Waals surface area (Å²) in [5, 5.41) is 0. The monoisotopic (exact) mass is 545 g/mol. The Morgan fingerprint density at radius 1 is 1.11 bits per heavy atom. The molecule has 8 nitrogen and oxygen atoms in total. The van der Waals surface area contributed by atoms with Crippen molar-refractivity contribution >= 4 is 47.3 Å². The summed E-state index contributed by atoms with van der Waals surface area (Å²) in [6.45, 7) is 2.64. The SMILES string of the molecule is C#CCn1c(=NC(=O)c2ccc(S(=O)(=O)N3CCCCC3CC)cc2)sc2cc(S(C)(=O)=O)ccc21. The van der Waals surface area contributed by atoms with E-state index in [1.165, 1.54) is 36.4 Å². The van der Waals surface area contributed by atoms with Crippen molar-refractivity contribution in [2.24, 2.45) is 4.99 Å². The van der Waals surface area contributed by atoms with Gasteiger partial charge in [0.25, 0.3) is 5.91 Å². The van der Waals surface area contributed by atoms with E-state index < -0.39 is 25.8 Å². The summed E-state index contributed by atoms with van der Waals surface area (Å²) in [7, 11) is -7.05. The zero-order valence-corrected chi connectivity index (χ0v) is 22.5. The maximum Gasteiger partial charge on any atom is 0.279 e. The van der Waals surface area contributed by atoms with Crippen molar-refractivity contribution in [2.45, 2.75) is 55.0 Å². The summed E-state index contributed by atoms with van der Waals surface area (Å²) in [5.74, 6) is 1.98. The molecular weight excluding hydrogens is 518 g/mol. The number of fused-ring (bicyclic) bond motifs is 1. The summed E-state index contributed by atoms with van der Waals surface area (Å²) in [5.41, 5.74) is 0.909. The van der Waals surface area contributed by atoms with Gasteiger partial charge >= 0.3 is 0 Å². The number of sulfone groups is 1. The number of piperidine rings is 1. The Hall–Kier alpha value is -2.78. The Morgan fingerprint density at radius 3 is 2.44 bits per heavy atom. The van der Waals surface area contributed by atoms with Crippen LogP contribution in [0, 0.1) is 12.3 Å². The number of benzene rings is 2. The first-order valence-electron chi connectivity index (χ1n) is 11.5. The Morgan fingerprint density at radius 2 is 1.81 bits per heavy atom. The molecule has 1 amide bonds. The van der Waals surface area contributed by atoms with Gasteiger partial charge in [-0.05, 0) is 61.7 Å². The molecule has 0 spiro atoms. The molecule has 0 N–H and O–H groups in total. The summed E-state index contributed by atoms with van der Waals surface area (Å²) in [6.07, 6.45) is 10.1. The van der Waals surface area contributed by atoms with Gasteiger partial charge in [-0.25, -0.2) is 16.8 Å². The van der Waals surface area contributed by atoms with Gasteiger partial charge < -0.3 is 4.57 Å². The fraction of sp³-hybridized carbons (Fsp3) is 0.360. The standard InChI is InChI=1S/C25H27N3O5S3/c1-4-15-27-22-14-13-21(35(3,30)31)17-23(22)34-25(27)26-24(29)18-9-11-20(12-10-18)36(32,33)28-16-7-6-8-19(28)5-2/h1,9-14,17,19H,5-8,15-16H2,2-3H3. The third-order valence-corrected chi connectivity index (χ3v) is 10.4. The molecule has 0 bridgehead atoms. The van der Waals surface area contributed by atoms with Crippen LogP contribution in [-0.2, 0) is 26.4 Å². The topological polar surface area (TPSA) is 106 Å². The van der Waals surface area contributed by atoms with Crippen molar-refractivity contribution in [1.82, 2.24) is 8.87 Å². The third kappa shape index (κ3) is 5.18. The van der Waals surface area contributed by atoms with Gasteiger partial charge in [0.2, 0.25) is 10.0 Å². The number of aromatic nitrogens is 1. The average Bonchev–Trinajstić information content (AvgIpc) is 3.19. The Labute approximate surface area is 215 Å². The van der Waals surface area contributed by atoms with Gasteiger partial charge in [-0.3, -0.25) is 4.79 Å². The van der Waals surface area contributed by atoms with Gasteiger partial charge in [0.05, 0.1) is 26.6 Å². The molecule has 0 radical (unpaired) electrons. The number of sulfonamides is 1. The first-order valence-corrected chi connectivity index (χ1v) is 15.7. The minimum absolute atomic E-state index is 0.0113. The third-order valence-electron chi connectivity index (χ3n) is 6.28. The minimum atomic E-state index is -3.65. The van der Waals surface area contributed by atoms with Crippen LogP contribution in [0.1, 0.15) is 43.0 Å². The van der Waals surface area contributed by atoms with E-state index in [2.05, 4.69) is 10.9 Å². The number of terminal acetylenes is 1. The maximum absolute atomic E-state index is 13.2. The van der Waals surface area contributed by atoms with Crippen LogP contribution >= 0.6 is 11.3 Å².